The molecule has 0 aromatic rings. The van der Waals surface area contributed by atoms with Crippen LogP contribution in [0.1, 0.15) is 84.0 Å². The van der Waals surface area contributed by atoms with Crippen LogP contribution in [0.15, 0.2) is 0 Å². The first kappa shape index (κ1) is 24.1. The van der Waals surface area contributed by atoms with Gasteiger partial charge in [-0.15, -0.1) is 0 Å². The molecule has 2 unspecified atom stereocenters. The number of ether oxygens (including phenoxy) is 3. The molecule has 0 aromatic carbocycles. The molecule has 0 radical (unpaired) electrons. The Labute approximate surface area is 207 Å². The lowest BCUT2D eigenvalue weighted by molar-refractivity contribution is -0.205. The molecule has 2 atom stereocenters. The minimum Gasteiger partial charge on any atom is -0.459 e. The van der Waals surface area contributed by atoms with Gasteiger partial charge in [0.15, 0.2) is 13.4 Å². The molecule has 8 aliphatic rings. The average Bonchev–Trinajstić information content (AvgIpc) is 2.80. The first-order chi connectivity index (χ1) is 16.7. The van der Waals surface area contributed by atoms with Crippen LogP contribution in [0.5, 0.6) is 0 Å². The molecule has 0 heterocycles. The number of rotatable bonds is 9. The van der Waals surface area contributed by atoms with E-state index in [4.69, 9.17) is 14.2 Å². The van der Waals surface area contributed by atoms with Gasteiger partial charge in [-0.05, 0) is 112 Å². The van der Waals surface area contributed by atoms with Crippen molar-refractivity contribution < 1.29 is 32.6 Å². The number of carbonyl (C=O) groups is 2. The molecule has 0 spiro atoms. The van der Waals surface area contributed by atoms with Crippen molar-refractivity contribution in [1.29, 1.82) is 0 Å². The first-order valence-electron chi connectivity index (χ1n) is 14.0. The molecule has 35 heavy (non-hydrogen) atoms. The van der Waals surface area contributed by atoms with Crippen LogP contribution in [0.4, 0.5) is 8.78 Å². The van der Waals surface area contributed by atoms with E-state index in [1.165, 1.54) is 39.0 Å². The normalized spacial score (nSPS) is 45.1. The number of esters is 2. The van der Waals surface area contributed by atoms with Crippen molar-refractivity contribution in [2.45, 2.75) is 89.9 Å². The lowest BCUT2D eigenvalue weighted by atomic mass is 9.44. The maximum absolute atomic E-state index is 13.7. The van der Waals surface area contributed by atoms with Crippen molar-refractivity contribution in [2.75, 3.05) is 20.0 Å². The summed E-state index contributed by atoms with van der Waals surface area (Å²) < 4.78 is 44.2. The Bertz CT molecular complexity index is 814. The van der Waals surface area contributed by atoms with Crippen LogP contribution < -0.4 is 0 Å². The van der Waals surface area contributed by atoms with E-state index in [2.05, 4.69) is 0 Å². The van der Waals surface area contributed by atoms with Gasteiger partial charge in [-0.3, -0.25) is 9.59 Å². The summed E-state index contributed by atoms with van der Waals surface area (Å²) in [5, 5.41) is 0. The minimum atomic E-state index is -3.01. The van der Waals surface area contributed by atoms with Gasteiger partial charge >= 0.3 is 11.9 Å². The third-order valence-corrected chi connectivity index (χ3v) is 10.9. The van der Waals surface area contributed by atoms with Crippen LogP contribution in [0.3, 0.4) is 0 Å². The zero-order chi connectivity index (χ0) is 24.4. The number of hydrogen-bond donors (Lipinski definition) is 0. The van der Waals surface area contributed by atoms with E-state index in [1.54, 1.807) is 0 Å². The summed E-state index contributed by atoms with van der Waals surface area (Å²) in [5.41, 5.74) is -1.53. The highest BCUT2D eigenvalue weighted by molar-refractivity contribution is 5.83. The highest BCUT2D eigenvalue weighted by Gasteiger charge is 2.64. The van der Waals surface area contributed by atoms with Crippen LogP contribution in [0, 0.1) is 52.3 Å². The standard InChI is InChI=1S/C28H40F2O5/c1-2-28(29,30)15-34-24(31)26-9-19-4-20(10-26)12-27(11-19,14-26)25(32)35-16-33-13-23-21-5-17-3-18(7-21)8-22(23)6-17/h17-23H,2-16H2,1H3. The van der Waals surface area contributed by atoms with E-state index in [0.717, 1.165) is 42.9 Å². The molecule has 8 aliphatic carbocycles. The molecule has 8 bridgehead atoms. The minimum absolute atomic E-state index is 0.0289. The molecule has 0 N–H and O–H groups in total. The molecule has 0 aliphatic heterocycles. The van der Waals surface area contributed by atoms with Crippen molar-refractivity contribution in [3.63, 3.8) is 0 Å². The Hall–Kier alpha value is -1.24. The molecule has 8 fully saturated rings. The van der Waals surface area contributed by atoms with E-state index < -0.39 is 29.3 Å². The second-order valence-corrected chi connectivity index (χ2v) is 13.3. The van der Waals surface area contributed by atoms with Crippen molar-refractivity contribution in [3.8, 4) is 0 Å². The quantitative estimate of drug-likeness (QED) is 0.232. The van der Waals surface area contributed by atoms with Gasteiger partial charge in [-0.25, -0.2) is 8.78 Å². The van der Waals surface area contributed by atoms with Crippen molar-refractivity contribution in [3.05, 3.63) is 0 Å². The Morgan fingerprint density at radius 1 is 0.800 bits per heavy atom. The SMILES string of the molecule is CCC(F)(F)COC(=O)C12CC3CC(CC(C(=O)OCOCC4C5CC6CC(C5)CC4C6)(C3)C1)C2. The number of carbonyl (C=O) groups excluding carboxylic acids is 2. The molecule has 196 valence electrons. The van der Waals surface area contributed by atoms with Crippen LogP contribution in [0.2, 0.25) is 0 Å². The summed E-state index contributed by atoms with van der Waals surface area (Å²) in [6.45, 7) is 1.14. The molecular weight excluding hydrogens is 454 g/mol. The zero-order valence-corrected chi connectivity index (χ0v) is 20.9. The Balaban J connectivity index is 1.04. The van der Waals surface area contributed by atoms with Gasteiger partial charge in [-0.2, -0.15) is 0 Å². The molecule has 7 heteroatoms. The predicted octanol–water partition coefficient (Wildman–Crippen LogP) is 5.75. The lowest BCUT2D eigenvalue weighted by Gasteiger charge is -2.59. The van der Waals surface area contributed by atoms with E-state index in [-0.39, 0.29) is 31.0 Å². The Kier molecular flexibility index (Phi) is 5.97. The number of halogens is 2. The summed E-state index contributed by atoms with van der Waals surface area (Å²) in [7, 11) is 0. The summed E-state index contributed by atoms with van der Waals surface area (Å²) in [6, 6.07) is 0. The Morgan fingerprint density at radius 2 is 1.31 bits per heavy atom. The summed E-state index contributed by atoms with van der Waals surface area (Å²) in [4.78, 5) is 26.4. The third-order valence-electron chi connectivity index (χ3n) is 10.9. The van der Waals surface area contributed by atoms with Crippen LogP contribution >= 0.6 is 0 Å². The van der Waals surface area contributed by atoms with E-state index in [9.17, 15) is 18.4 Å². The van der Waals surface area contributed by atoms with E-state index in [1.807, 2.05) is 0 Å². The lowest BCUT2D eigenvalue weighted by Crippen LogP contribution is -2.58. The summed E-state index contributed by atoms with van der Waals surface area (Å²) in [5.74, 6) is 0.664. The zero-order valence-electron chi connectivity index (χ0n) is 20.9. The van der Waals surface area contributed by atoms with Crippen LogP contribution in [0.25, 0.3) is 0 Å². The van der Waals surface area contributed by atoms with Crippen molar-refractivity contribution >= 4 is 11.9 Å². The van der Waals surface area contributed by atoms with Gasteiger partial charge in [0.1, 0.15) is 0 Å². The largest absolute Gasteiger partial charge is 0.459 e. The van der Waals surface area contributed by atoms with Gasteiger partial charge in [0.2, 0.25) is 0 Å². The van der Waals surface area contributed by atoms with E-state index in [0.29, 0.717) is 31.8 Å². The number of hydrogen-bond acceptors (Lipinski definition) is 5. The van der Waals surface area contributed by atoms with Gasteiger partial charge in [-0.1, -0.05) is 6.92 Å². The Morgan fingerprint density at radius 3 is 1.86 bits per heavy atom. The van der Waals surface area contributed by atoms with Crippen molar-refractivity contribution in [2.24, 2.45) is 52.3 Å². The van der Waals surface area contributed by atoms with Gasteiger partial charge < -0.3 is 14.2 Å². The first-order valence-corrected chi connectivity index (χ1v) is 14.0. The summed E-state index contributed by atoms with van der Waals surface area (Å²) >= 11 is 0. The van der Waals surface area contributed by atoms with Crippen LogP contribution in [-0.2, 0) is 23.8 Å². The van der Waals surface area contributed by atoms with Gasteiger partial charge in [0.05, 0.1) is 17.4 Å². The summed E-state index contributed by atoms with van der Waals surface area (Å²) in [6.07, 6.45) is 10.5. The fourth-order valence-corrected chi connectivity index (χ4v) is 9.91. The van der Waals surface area contributed by atoms with Crippen LogP contribution in [-0.4, -0.2) is 37.9 Å². The van der Waals surface area contributed by atoms with Gasteiger partial charge in [0.25, 0.3) is 5.92 Å². The molecule has 0 saturated heterocycles. The maximum Gasteiger partial charge on any atom is 0.314 e. The maximum atomic E-state index is 13.7. The fraction of sp³-hybridized carbons (Fsp3) is 0.929. The van der Waals surface area contributed by atoms with Crippen molar-refractivity contribution in [1.82, 2.24) is 0 Å². The highest BCUT2D eigenvalue weighted by atomic mass is 19.3. The average molecular weight is 495 g/mol. The third kappa shape index (κ3) is 4.31. The topological polar surface area (TPSA) is 61.8 Å². The van der Waals surface area contributed by atoms with E-state index >= 15 is 0 Å². The second kappa shape index (κ2) is 8.66. The fourth-order valence-electron chi connectivity index (χ4n) is 9.91. The highest BCUT2D eigenvalue weighted by Crippen LogP contribution is 2.66. The molecule has 5 nitrogen and oxygen atoms in total. The smallest absolute Gasteiger partial charge is 0.314 e. The second-order valence-electron chi connectivity index (χ2n) is 13.3. The molecule has 8 rings (SSSR count). The van der Waals surface area contributed by atoms with Gasteiger partial charge in [0, 0.05) is 6.42 Å². The predicted molar refractivity (Wildman–Crippen MR) is 123 cm³/mol. The molecule has 0 aromatic heterocycles. The molecular formula is C28H40F2O5. The monoisotopic (exact) mass is 494 g/mol. The molecule has 0 amide bonds. The number of alkyl halides is 2. The molecule has 8 saturated carbocycles.